The fourth-order valence-corrected chi connectivity index (χ4v) is 4.57. The summed E-state index contributed by atoms with van der Waals surface area (Å²) in [7, 11) is -3.46. The van der Waals surface area contributed by atoms with Gasteiger partial charge in [-0.2, -0.15) is 0 Å². The van der Waals surface area contributed by atoms with E-state index in [4.69, 9.17) is 0 Å². The van der Waals surface area contributed by atoms with Gasteiger partial charge >= 0.3 is 0 Å². The lowest BCUT2D eigenvalue weighted by Gasteiger charge is -2.24. The van der Waals surface area contributed by atoms with Crippen LogP contribution in [0.15, 0.2) is 59.5 Å². The number of sulfonamides is 1. The minimum atomic E-state index is -3.46. The second kappa shape index (κ2) is 9.24. The SMILES string of the molecule is CCNS(=O)(=O)c1ccc(C=CC(=O)NCCN2c3ccccc3CC2C)cc1. The molecule has 0 saturated heterocycles. The highest BCUT2D eigenvalue weighted by Gasteiger charge is 2.24. The third-order valence-electron chi connectivity index (χ3n) is 4.95. The molecule has 29 heavy (non-hydrogen) atoms. The van der Waals surface area contributed by atoms with Crippen molar-refractivity contribution in [2.75, 3.05) is 24.5 Å². The van der Waals surface area contributed by atoms with Crippen LogP contribution in [0.3, 0.4) is 0 Å². The summed E-state index contributed by atoms with van der Waals surface area (Å²) in [6.45, 7) is 5.58. The van der Waals surface area contributed by atoms with E-state index in [9.17, 15) is 13.2 Å². The van der Waals surface area contributed by atoms with E-state index in [-0.39, 0.29) is 10.8 Å². The lowest BCUT2D eigenvalue weighted by atomic mass is 10.1. The second-order valence-corrected chi connectivity index (χ2v) is 8.84. The van der Waals surface area contributed by atoms with Gasteiger partial charge in [0.25, 0.3) is 0 Å². The van der Waals surface area contributed by atoms with E-state index in [1.165, 1.54) is 29.5 Å². The number of benzene rings is 2. The lowest BCUT2D eigenvalue weighted by molar-refractivity contribution is -0.116. The molecule has 0 spiro atoms. The summed E-state index contributed by atoms with van der Waals surface area (Å²) in [5.41, 5.74) is 3.36. The molecule has 2 aromatic carbocycles. The molecule has 0 saturated carbocycles. The Morgan fingerprint density at radius 3 is 2.62 bits per heavy atom. The van der Waals surface area contributed by atoms with Crippen molar-refractivity contribution in [2.45, 2.75) is 31.2 Å². The standard InChI is InChI=1S/C22H27N3O3S/c1-3-24-29(27,28)20-11-8-18(9-12-20)10-13-22(26)23-14-15-25-17(2)16-19-6-4-5-7-21(19)25/h4-13,17,24H,3,14-16H2,1-2H3,(H,23,26). The van der Waals surface area contributed by atoms with Crippen molar-refractivity contribution in [3.05, 3.63) is 65.7 Å². The van der Waals surface area contributed by atoms with Gasteiger partial charge in [0.15, 0.2) is 0 Å². The van der Waals surface area contributed by atoms with Crippen LogP contribution >= 0.6 is 0 Å². The fourth-order valence-electron chi connectivity index (χ4n) is 3.53. The predicted molar refractivity (Wildman–Crippen MR) is 116 cm³/mol. The van der Waals surface area contributed by atoms with E-state index in [0.717, 1.165) is 18.5 Å². The number of anilines is 1. The van der Waals surface area contributed by atoms with Crippen molar-refractivity contribution in [3.8, 4) is 0 Å². The number of amides is 1. The van der Waals surface area contributed by atoms with Crippen LogP contribution in [0.2, 0.25) is 0 Å². The molecule has 0 aliphatic carbocycles. The van der Waals surface area contributed by atoms with Crippen LogP contribution < -0.4 is 14.9 Å². The van der Waals surface area contributed by atoms with Gasteiger partial charge in [0.1, 0.15) is 0 Å². The molecule has 7 heteroatoms. The summed E-state index contributed by atoms with van der Waals surface area (Å²) in [5.74, 6) is -0.172. The van der Waals surface area contributed by atoms with Crippen molar-refractivity contribution in [1.29, 1.82) is 0 Å². The van der Waals surface area contributed by atoms with Crippen LogP contribution in [0.1, 0.15) is 25.0 Å². The van der Waals surface area contributed by atoms with Gasteiger partial charge < -0.3 is 10.2 Å². The quantitative estimate of drug-likeness (QED) is 0.652. The molecule has 0 fully saturated rings. The summed E-state index contributed by atoms with van der Waals surface area (Å²) >= 11 is 0. The van der Waals surface area contributed by atoms with E-state index < -0.39 is 10.0 Å². The zero-order valence-corrected chi connectivity index (χ0v) is 17.6. The number of carbonyl (C=O) groups is 1. The van der Waals surface area contributed by atoms with Crippen LogP contribution in [0.25, 0.3) is 6.08 Å². The fraction of sp³-hybridized carbons (Fsp3) is 0.318. The van der Waals surface area contributed by atoms with Gasteiger partial charge in [-0.1, -0.05) is 37.3 Å². The van der Waals surface area contributed by atoms with Crippen molar-refractivity contribution in [3.63, 3.8) is 0 Å². The smallest absolute Gasteiger partial charge is 0.244 e. The van der Waals surface area contributed by atoms with Gasteiger partial charge in [-0.05, 0) is 48.7 Å². The van der Waals surface area contributed by atoms with Crippen LogP contribution in [-0.4, -0.2) is 40.0 Å². The average molecular weight is 414 g/mol. The Morgan fingerprint density at radius 1 is 1.17 bits per heavy atom. The normalized spacial score (nSPS) is 16.2. The van der Waals surface area contributed by atoms with E-state index in [2.05, 4.69) is 40.1 Å². The average Bonchev–Trinajstić information content (AvgIpc) is 3.02. The zero-order chi connectivity index (χ0) is 20.9. The molecular formula is C22H27N3O3S. The maximum Gasteiger partial charge on any atom is 0.244 e. The van der Waals surface area contributed by atoms with E-state index >= 15 is 0 Å². The van der Waals surface area contributed by atoms with Gasteiger partial charge in [0.05, 0.1) is 4.90 Å². The minimum Gasteiger partial charge on any atom is -0.367 e. The summed E-state index contributed by atoms with van der Waals surface area (Å²) in [6, 6.07) is 15.2. The molecule has 1 aliphatic rings. The number of fused-ring (bicyclic) bond motifs is 1. The Hall–Kier alpha value is -2.64. The first-order valence-corrected chi connectivity index (χ1v) is 11.3. The Labute approximate surface area is 172 Å². The van der Waals surface area contributed by atoms with Crippen molar-refractivity contribution in [1.82, 2.24) is 10.0 Å². The molecular weight excluding hydrogens is 386 g/mol. The van der Waals surface area contributed by atoms with Crippen molar-refractivity contribution in [2.24, 2.45) is 0 Å². The second-order valence-electron chi connectivity index (χ2n) is 7.07. The Kier molecular flexibility index (Phi) is 6.71. The first-order valence-electron chi connectivity index (χ1n) is 9.81. The molecule has 2 N–H and O–H groups in total. The van der Waals surface area contributed by atoms with Gasteiger partial charge in [0.2, 0.25) is 15.9 Å². The molecule has 1 amide bonds. The summed E-state index contributed by atoms with van der Waals surface area (Å²) < 4.78 is 26.3. The van der Waals surface area contributed by atoms with Crippen LogP contribution in [0.4, 0.5) is 5.69 Å². The number of hydrogen-bond donors (Lipinski definition) is 2. The first kappa shape index (κ1) is 21.1. The van der Waals surface area contributed by atoms with Gasteiger partial charge in [-0.15, -0.1) is 0 Å². The molecule has 1 atom stereocenters. The highest BCUT2D eigenvalue weighted by molar-refractivity contribution is 7.89. The number of hydrogen-bond acceptors (Lipinski definition) is 4. The number of carbonyl (C=O) groups excluding carboxylic acids is 1. The molecule has 1 unspecified atom stereocenters. The van der Waals surface area contributed by atoms with Gasteiger partial charge in [0, 0.05) is 37.4 Å². The Morgan fingerprint density at radius 2 is 1.90 bits per heavy atom. The number of rotatable bonds is 8. The van der Waals surface area contributed by atoms with Gasteiger partial charge in [-0.3, -0.25) is 4.79 Å². The number of para-hydroxylation sites is 1. The molecule has 1 aliphatic heterocycles. The highest BCUT2D eigenvalue weighted by Crippen LogP contribution is 2.31. The van der Waals surface area contributed by atoms with E-state index in [1.807, 2.05) is 6.07 Å². The maximum absolute atomic E-state index is 12.1. The Bertz CT molecular complexity index is 985. The predicted octanol–water partition coefficient (Wildman–Crippen LogP) is 2.57. The molecule has 0 bridgehead atoms. The summed E-state index contributed by atoms with van der Waals surface area (Å²) in [5, 5.41) is 2.91. The van der Waals surface area contributed by atoms with E-state index in [0.29, 0.717) is 19.1 Å². The molecule has 1 heterocycles. The minimum absolute atomic E-state index is 0.172. The third kappa shape index (κ3) is 5.25. The lowest BCUT2D eigenvalue weighted by Crippen LogP contribution is -2.37. The molecule has 154 valence electrons. The maximum atomic E-state index is 12.1. The Balaban J connectivity index is 1.50. The van der Waals surface area contributed by atoms with Gasteiger partial charge in [-0.25, -0.2) is 13.1 Å². The first-order chi connectivity index (χ1) is 13.9. The van der Waals surface area contributed by atoms with Crippen molar-refractivity contribution < 1.29 is 13.2 Å². The third-order valence-corrected chi connectivity index (χ3v) is 6.51. The molecule has 0 aromatic heterocycles. The molecule has 2 aromatic rings. The molecule has 3 rings (SSSR count). The topological polar surface area (TPSA) is 78.5 Å². The van der Waals surface area contributed by atoms with E-state index in [1.54, 1.807) is 25.1 Å². The monoisotopic (exact) mass is 413 g/mol. The highest BCUT2D eigenvalue weighted by atomic mass is 32.2. The van der Waals surface area contributed by atoms with Crippen LogP contribution in [0, 0.1) is 0 Å². The number of nitrogens with zero attached hydrogens (tertiary/aromatic N) is 1. The zero-order valence-electron chi connectivity index (χ0n) is 16.8. The molecule has 6 nitrogen and oxygen atoms in total. The van der Waals surface area contributed by atoms with Crippen LogP contribution in [-0.2, 0) is 21.2 Å². The van der Waals surface area contributed by atoms with Crippen LogP contribution in [0.5, 0.6) is 0 Å². The summed E-state index contributed by atoms with van der Waals surface area (Å²) in [6.07, 6.45) is 4.17. The largest absolute Gasteiger partial charge is 0.367 e. The summed E-state index contributed by atoms with van der Waals surface area (Å²) in [4.78, 5) is 14.6. The van der Waals surface area contributed by atoms with Crippen molar-refractivity contribution >= 4 is 27.7 Å². The number of nitrogens with one attached hydrogen (secondary N) is 2. The molecule has 0 radical (unpaired) electrons.